The predicted octanol–water partition coefficient (Wildman–Crippen LogP) is 3.95. The molecular weight excluding hydrogens is 285 g/mol. The quantitative estimate of drug-likeness (QED) is 0.615. The summed E-state index contributed by atoms with van der Waals surface area (Å²) >= 11 is 2.77. The minimum absolute atomic E-state index is 0.204. The summed E-state index contributed by atoms with van der Waals surface area (Å²) in [7, 11) is 0. The van der Waals surface area contributed by atoms with Crippen molar-refractivity contribution in [3.8, 4) is 0 Å². The van der Waals surface area contributed by atoms with Crippen LogP contribution >= 0.6 is 15.9 Å². The third-order valence-corrected chi connectivity index (χ3v) is 2.82. The van der Waals surface area contributed by atoms with Gasteiger partial charge in [0.05, 0.1) is 10.6 Å². The van der Waals surface area contributed by atoms with Crippen molar-refractivity contribution in [3.05, 3.63) is 33.6 Å². The van der Waals surface area contributed by atoms with Gasteiger partial charge in [0.2, 0.25) is 0 Å². The minimum atomic E-state index is -1.58. The Morgan fingerprint density at radius 3 is 2.06 bits per heavy atom. The van der Waals surface area contributed by atoms with E-state index in [-0.39, 0.29) is 10.0 Å². The molecule has 0 saturated carbocycles. The summed E-state index contributed by atoms with van der Waals surface area (Å²) in [5, 5.41) is 9.83. The fraction of sp³-hybridized carbons (Fsp3) is 0.455. The molecule has 1 N–H and O–H groups in total. The lowest BCUT2D eigenvalue weighted by Gasteiger charge is -2.26. The molecule has 0 spiro atoms. The minimum Gasteiger partial charge on any atom is -0.388 e. The van der Waals surface area contributed by atoms with Crippen LogP contribution in [-0.4, -0.2) is 5.11 Å². The van der Waals surface area contributed by atoms with Crippen LogP contribution in [-0.2, 0) is 0 Å². The van der Waals surface area contributed by atoms with Crippen molar-refractivity contribution in [2.75, 3.05) is 0 Å². The Balaban J connectivity index is 3.36. The Hall–Kier alpha value is -0.550. The van der Waals surface area contributed by atoms with Gasteiger partial charge in [0.15, 0.2) is 17.5 Å². The molecule has 1 rings (SSSR count). The maximum atomic E-state index is 13.4. The van der Waals surface area contributed by atoms with Gasteiger partial charge in [-0.05, 0) is 27.4 Å². The first-order valence-corrected chi connectivity index (χ1v) is 5.46. The molecule has 0 radical (unpaired) electrons. The number of hydrogen-bond acceptors (Lipinski definition) is 1. The molecule has 1 aromatic rings. The van der Waals surface area contributed by atoms with Gasteiger partial charge in [-0.2, -0.15) is 0 Å². The first kappa shape index (κ1) is 13.5. The molecule has 1 aromatic carbocycles. The van der Waals surface area contributed by atoms with Gasteiger partial charge in [0.1, 0.15) is 0 Å². The molecule has 1 nitrogen and oxygen atoms in total. The topological polar surface area (TPSA) is 20.2 Å². The number of aliphatic hydroxyl groups excluding tert-OH is 1. The van der Waals surface area contributed by atoms with Gasteiger partial charge in [-0.25, -0.2) is 13.2 Å². The van der Waals surface area contributed by atoms with Crippen LogP contribution in [0.1, 0.15) is 32.4 Å². The molecule has 0 saturated heterocycles. The molecule has 0 amide bonds. The molecule has 1 unspecified atom stereocenters. The van der Waals surface area contributed by atoms with Crippen molar-refractivity contribution in [1.82, 2.24) is 0 Å². The zero-order chi connectivity index (χ0) is 12.7. The molecule has 0 aliphatic heterocycles. The highest BCUT2D eigenvalue weighted by molar-refractivity contribution is 9.10. The van der Waals surface area contributed by atoms with Gasteiger partial charge in [-0.1, -0.05) is 20.8 Å². The molecule has 90 valence electrons. The number of rotatable bonds is 1. The number of halogens is 4. The van der Waals surface area contributed by atoms with E-state index in [0.717, 1.165) is 6.07 Å². The highest BCUT2D eigenvalue weighted by Gasteiger charge is 2.29. The van der Waals surface area contributed by atoms with Gasteiger partial charge in [0.25, 0.3) is 0 Å². The van der Waals surface area contributed by atoms with Crippen molar-refractivity contribution in [2.45, 2.75) is 26.9 Å². The third-order valence-electron chi connectivity index (χ3n) is 2.25. The summed E-state index contributed by atoms with van der Waals surface area (Å²) < 4.78 is 39.3. The maximum absolute atomic E-state index is 13.4. The highest BCUT2D eigenvalue weighted by Crippen LogP contribution is 2.36. The summed E-state index contributed by atoms with van der Waals surface area (Å²) in [4.78, 5) is 0. The third kappa shape index (κ3) is 2.40. The lowest BCUT2D eigenvalue weighted by molar-refractivity contribution is 0.0585. The van der Waals surface area contributed by atoms with Crippen LogP contribution in [0.15, 0.2) is 10.5 Å². The number of hydrogen-bond donors (Lipinski definition) is 1. The Labute approximate surface area is 100 Å². The standard InChI is InChI=1S/C11H12BrF3O/c1-11(2,3)10(16)5-4-6(12)8(14)9(15)7(5)13/h4,10,16H,1-3H3. The normalized spacial score (nSPS) is 14.0. The van der Waals surface area contributed by atoms with Crippen LogP contribution < -0.4 is 0 Å². The van der Waals surface area contributed by atoms with Gasteiger partial charge in [0, 0.05) is 5.56 Å². The fourth-order valence-corrected chi connectivity index (χ4v) is 1.68. The van der Waals surface area contributed by atoms with Gasteiger partial charge < -0.3 is 5.11 Å². The average molecular weight is 297 g/mol. The molecule has 0 fully saturated rings. The SMILES string of the molecule is CC(C)(C)C(O)c1cc(Br)c(F)c(F)c1F. The first-order valence-electron chi connectivity index (χ1n) is 4.67. The van der Waals surface area contributed by atoms with E-state index in [1.165, 1.54) is 0 Å². The first-order chi connectivity index (χ1) is 7.16. The van der Waals surface area contributed by atoms with E-state index in [2.05, 4.69) is 15.9 Å². The lowest BCUT2D eigenvalue weighted by Crippen LogP contribution is -2.20. The molecule has 0 aliphatic carbocycles. The largest absolute Gasteiger partial charge is 0.388 e. The molecular formula is C11H12BrF3O. The highest BCUT2D eigenvalue weighted by atomic mass is 79.9. The van der Waals surface area contributed by atoms with Crippen LogP contribution in [0.4, 0.5) is 13.2 Å². The lowest BCUT2D eigenvalue weighted by atomic mass is 9.84. The van der Waals surface area contributed by atoms with E-state index in [1.807, 2.05) is 0 Å². The number of aliphatic hydroxyl groups is 1. The predicted molar refractivity (Wildman–Crippen MR) is 58.4 cm³/mol. The molecule has 1 atom stereocenters. The van der Waals surface area contributed by atoms with Crippen LogP contribution in [0, 0.1) is 22.9 Å². The monoisotopic (exact) mass is 296 g/mol. The van der Waals surface area contributed by atoms with Crippen molar-refractivity contribution in [3.63, 3.8) is 0 Å². The van der Waals surface area contributed by atoms with E-state index in [9.17, 15) is 18.3 Å². The van der Waals surface area contributed by atoms with E-state index in [0.29, 0.717) is 0 Å². The van der Waals surface area contributed by atoms with Crippen molar-refractivity contribution in [2.24, 2.45) is 5.41 Å². The number of benzene rings is 1. The summed E-state index contributed by atoms with van der Waals surface area (Å²) in [5.74, 6) is -4.21. The fourth-order valence-electron chi connectivity index (χ4n) is 1.26. The Morgan fingerprint density at radius 2 is 1.62 bits per heavy atom. The van der Waals surface area contributed by atoms with Gasteiger partial charge in [-0.3, -0.25) is 0 Å². The van der Waals surface area contributed by atoms with Crippen LogP contribution in [0.25, 0.3) is 0 Å². The van der Waals surface area contributed by atoms with Crippen molar-refractivity contribution in [1.29, 1.82) is 0 Å². The van der Waals surface area contributed by atoms with Crippen LogP contribution in [0.5, 0.6) is 0 Å². The van der Waals surface area contributed by atoms with Crippen LogP contribution in [0.3, 0.4) is 0 Å². The Kier molecular flexibility index (Phi) is 3.69. The smallest absolute Gasteiger partial charge is 0.195 e. The second-order valence-corrected chi connectivity index (χ2v) is 5.51. The van der Waals surface area contributed by atoms with Crippen molar-refractivity contribution < 1.29 is 18.3 Å². The molecule has 0 heterocycles. The van der Waals surface area contributed by atoms with E-state index in [4.69, 9.17) is 0 Å². The molecule has 16 heavy (non-hydrogen) atoms. The summed E-state index contributed by atoms with van der Waals surface area (Å²) in [6.07, 6.45) is -1.21. The van der Waals surface area contributed by atoms with E-state index >= 15 is 0 Å². The Morgan fingerprint density at radius 1 is 1.12 bits per heavy atom. The molecule has 5 heteroatoms. The van der Waals surface area contributed by atoms with Crippen LogP contribution in [0.2, 0.25) is 0 Å². The van der Waals surface area contributed by atoms with Crippen molar-refractivity contribution >= 4 is 15.9 Å². The van der Waals surface area contributed by atoms with Gasteiger partial charge >= 0.3 is 0 Å². The van der Waals surface area contributed by atoms with E-state index in [1.54, 1.807) is 20.8 Å². The van der Waals surface area contributed by atoms with Gasteiger partial charge in [-0.15, -0.1) is 0 Å². The molecule has 0 aromatic heterocycles. The molecule has 0 bridgehead atoms. The zero-order valence-electron chi connectivity index (χ0n) is 9.11. The average Bonchev–Trinajstić information content (AvgIpc) is 2.18. The summed E-state index contributed by atoms with van der Waals surface area (Å²) in [6, 6.07) is 1.06. The Bertz CT molecular complexity index is 413. The summed E-state index contributed by atoms with van der Waals surface area (Å²) in [5.41, 5.74) is -0.914. The maximum Gasteiger partial charge on any atom is 0.195 e. The second-order valence-electron chi connectivity index (χ2n) is 4.66. The second kappa shape index (κ2) is 4.37. The molecule has 0 aliphatic rings. The zero-order valence-corrected chi connectivity index (χ0v) is 10.7. The van der Waals surface area contributed by atoms with E-state index < -0.39 is 29.0 Å². The summed E-state index contributed by atoms with van der Waals surface area (Å²) in [6.45, 7) is 5.02.